The van der Waals surface area contributed by atoms with E-state index < -0.39 is 0 Å². The standard InChI is InChI=1S/C21H29N3O3/c1-2-18(26)24-17(12-25)19(15-8-4-3-5-9-15)21(24)13-23(14-21)20(27)22-16-10-6-7-11-16/h3-5,8-9,16-17,19,25H,2,6-7,10-14H2,1H3,(H,22,27)/t17-,19+/m0/s1. The van der Waals surface area contributed by atoms with E-state index in [0.717, 1.165) is 18.4 Å². The first-order chi connectivity index (χ1) is 13.1. The van der Waals surface area contributed by atoms with Crippen molar-refractivity contribution < 1.29 is 14.7 Å². The minimum atomic E-state index is -0.380. The number of benzene rings is 1. The quantitative estimate of drug-likeness (QED) is 0.851. The molecule has 6 heteroatoms. The number of hydrogen-bond donors (Lipinski definition) is 2. The Labute approximate surface area is 160 Å². The zero-order valence-electron chi connectivity index (χ0n) is 15.9. The molecule has 27 heavy (non-hydrogen) atoms. The Balaban J connectivity index is 1.52. The number of nitrogens with one attached hydrogen (secondary N) is 1. The molecule has 1 aliphatic carbocycles. The van der Waals surface area contributed by atoms with Crippen LogP contribution in [0.25, 0.3) is 0 Å². The van der Waals surface area contributed by atoms with E-state index in [9.17, 15) is 14.7 Å². The topological polar surface area (TPSA) is 72.9 Å². The summed E-state index contributed by atoms with van der Waals surface area (Å²) in [5, 5.41) is 13.1. The van der Waals surface area contributed by atoms with Gasteiger partial charge in [-0.25, -0.2) is 4.79 Å². The van der Waals surface area contributed by atoms with Crippen molar-refractivity contribution in [3.63, 3.8) is 0 Å². The molecule has 0 bridgehead atoms. The van der Waals surface area contributed by atoms with Gasteiger partial charge in [0.25, 0.3) is 0 Å². The molecule has 1 aromatic carbocycles. The Kier molecular flexibility index (Phi) is 4.84. The zero-order chi connectivity index (χ0) is 19.0. The molecule has 0 unspecified atom stereocenters. The fourth-order valence-corrected chi connectivity index (χ4v) is 5.33. The molecule has 2 aliphatic heterocycles. The molecule has 3 aliphatic rings. The number of nitrogens with zero attached hydrogens (tertiary/aromatic N) is 2. The Bertz CT molecular complexity index is 696. The lowest BCUT2D eigenvalue weighted by molar-refractivity contribution is -0.192. The first-order valence-corrected chi connectivity index (χ1v) is 10.1. The van der Waals surface area contributed by atoms with Crippen LogP contribution in [-0.2, 0) is 4.79 Å². The van der Waals surface area contributed by atoms with Crippen molar-refractivity contribution in [2.24, 2.45) is 0 Å². The maximum atomic E-state index is 12.6. The van der Waals surface area contributed by atoms with E-state index in [4.69, 9.17) is 0 Å². The lowest BCUT2D eigenvalue weighted by atomic mass is 9.60. The van der Waals surface area contributed by atoms with Gasteiger partial charge in [-0.05, 0) is 18.4 Å². The smallest absolute Gasteiger partial charge is 0.317 e. The number of hydrogen-bond acceptors (Lipinski definition) is 3. The predicted molar refractivity (Wildman–Crippen MR) is 102 cm³/mol. The average Bonchev–Trinajstić information content (AvgIpc) is 3.13. The van der Waals surface area contributed by atoms with Crippen LogP contribution in [0.15, 0.2) is 30.3 Å². The highest BCUT2D eigenvalue weighted by Gasteiger charge is 2.67. The van der Waals surface area contributed by atoms with Crippen LogP contribution < -0.4 is 5.32 Å². The molecule has 2 N–H and O–H groups in total. The molecule has 2 saturated heterocycles. The average molecular weight is 371 g/mol. The lowest BCUT2D eigenvalue weighted by Crippen LogP contribution is -2.86. The van der Waals surface area contributed by atoms with Crippen LogP contribution in [0, 0.1) is 0 Å². The van der Waals surface area contributed by atoms with Gasteiger partial charge in [-0.2, -0.15) is 0 Å². The molecule has 4 rings (SSSR count). The van der Waals surface area contributed by atoms with Crippen LogP contribution in [0.1, 0.15) is 50.5 Å². The Morgan fingerprint density at radius 1 is 1.19 bits per heavy atom. The Morgan fingerprint density at radius 2 is 1.85 bits per heavy atom. The molecule has 0 radical (unpaired) electrons. The number of aliphatic hydroxyl groups excluding tert-OH is 1. The molecular formula is C21H29N3O3. The third-order valence-electron chi connectivity index (χ3n) is 6.59. The van der Waals surface area contributed by atoms with Gasteiger partial charge in [0, 0.05) is 31.5 Å². The lowest BCUT2D eigenvalue weighted by Gasteiger charge is -2.70. The number of urea groups is 1. The summed E-state index contributed by atoms with van der Waals surface area (Å²) in [4.78, 5) is 28.9. The number of aliphatic hydroxyl groups is 1. The number of rotatable bonds is 4. The van der Waals surface area contributed by atoms with Gasteiger partial charge < -0.3 is 20.2 Å². The summed E-state index contributed by atoms with van der Waals surface area (Å²) in [5.74, 6) is 0.117. The normalized spacial score (nSPS) is 26.6. The van der Waals surface area contributed by atoms with Gasteiger partial charge in [0.15, 0.2) is 0 Å². The van der Waals surface area contributed by atoms with E-state index >= 15 is 0 Å². The van der Waals surface area contributed by atoms with E-state index in [1.54, 1.807) is 0 Å². The number of carbonyl (C=O) groups excluding carboxylic acids is 2. The van der Waals surface area contributed by atoms with Gasteiger partial charge in [0.2, 0.25) is 5.91 Å². The van der Waals surface area contributed by atoms with Crippen molar-refractivity contribution >= 4 is 11.9 Å². The van der Waals surface area contributed by atoms with Crippen LogP contribution >= 0.6 is 0 Å². The summed E-state index contributed by atoms with van der Waals surface area (Å²) in [6.07, 6.45) is 4.90. The fourth-order valence-electron chi connectivity index (χ4n) is 5.33. The summed E-state index contributed by atoms with van der Waals surface area (Å²) >= 11 is 0. The predicted octanol–water partition coefficient (Wildman–Crippen LogP) is 2.09. The number of likely N-dealkylation sites (tertiary alicyclic amines) is 2. The van der Waals surface area contributed by atoms with Gasteiger partial charge >= 0.3 is 6.03 Å². The molecule has 2 atom stereocenters. The SMILES string of the molecule is CCC(=O)N1[C@@H](CO)[C@@H](c2ccccc2)C12CN(C(=O)NC1CCCC1)C2. The first-order valence-electron chi connectivity index (χ1n) is 10.1. The number of carbonyl (C=O) groups is 2. The van der Waals surface area contributed by atoms with Crippen molar-refractivity contribution in [2.75, 3.05) is 19.7 Å². The van der Waals surface area contributed by atoms with Gasteiger partial charge in [-0.1, -0.05) is 50.1 Å². The molecule has 6 nitrogen and oxygen atoms in total. The monoisotopic (exact) mass is 371 g/mol. The highest BCUT2D eigenvalue weighted by atomic mass is 16.3. The van der Waals surface area contributed by atoms with Crippen LogP contribution in [0.4, 0.5) is 4.79 Å². The van der Waals surface area contributed by atoms with Crippen molar-refractivity contribution in [1.29, 1.82) is 0 Å². The summed E-state index contributed by atoms with van der Waals surface area (Å²) in [6.45, 7) is 2.87. The highest BCUT2D eigenvalue weighted by molar-refractivity contribution is 5.82. The fraction of sp³-hybridized carbons (Fsp3) is 0.619. The maximum absolute atomic E-state index is 12.6. The van der Waals surface area contributed by atoms with Crippen LogP contribution in [-0.4, -0.2) is 64.2 Å². The largest absolute Gasteiger partial charge is 0.394 e. The third-order valence-corrected chi connectivity index (χ3v) is 6.59. The number of amides is 3. The summed E-state index contributed by atoms with van der Waals surface area (Å²) in [6, 6.07) is 10.1. The first kappa shape index (κ1) is 18.3. The second kappa shape index (κ2) is 7.15. The van der Waals surface area contributed by atoms with Crippen LogP contribution in [0.3, 0.4) is 0 Å². The molecule has 0 aromatic heterocycles. The highest BCUT2D eigenvalue weighted by Crippen LogP contribution is 2.54. The summed E-state index contributed by atoms with van der Waals surface area (Å²) < 4.78 is 0. The minimum Gasteiger partial charge on any atom is -0.394 e. The van der Waals surface area contributed by atoms with E-state index in [0.29, 0.717) is 25.6 Å². The van der Waals surface area contributed by atoms with Gasteiger partial charge in [0.1, 0.15) is 0 Å². The molecule has 1 spiro atoms. The van der Waals surface area contributed by atoms with Gasteiger partial charge in [-0.3, -0.25) is 4.79 Å². The third kappa shape index (κ3) is 2.90. The zero-order valence-corrected chi connectivity index (χ0v) is 15.9. The Morgan fingerprint density at radius 3 is 2.44 bits per heavy atom. The molecule has 3 fully saturated rings. The van der Waals surface area contributed by atoms with Crippen molar-refractivity contribution in [2.45, 2.75) is 62.6 Å². The van der Waals surface area contributed by atoms with E-state index in [1.807, 2.05) is 34.9 Å². The summed E-state index contributed by atoms with van der Waals surface area (Å²) in [7, 11) is 0. The second-order valence-electron chi connectivity index (χ2n) is 8.15. The maximum Gasteiger partial charge on any atom is 0.317 e. The molecule has 146 valence electrons. The van der Waals surface area contributed by atoms with Crippen molar-refractivity contribution in [3.8, 4) is 0 Å². The van der Waals surface area contributed by atoms with E-state index in [1.165, 1.54) is 12.8 Å². The second-order valence-corrected chi connectivity index (χ2v) is 8.15. The molecule has 3 amide bonds. The molecule has 2 heterocycles. The minimum absolute atomic E-state index is 0.0179. The van der Waals surface area contributed by atoms with Gasteiger partial charge in [0.05, 0.1) is 18.2 Å². The summed E-state index contributed by atoms with van der Waals surface area (Å²) in [5.41, 5.74) is 0.752. The van der Waals surface area contributed by atoms with Crippen molar-refractivity contribution in [1.82, 2.24) is 15.1 Å². The molecular weight excluding hydrogens is 342 g/mol. The van der Waals surface area contributed by atoms with E-state index in [-0.39, 0.29) is 36.0 Å². The van der Waals surface area contributed by atoms with Crippen molar-refractivity contribution in [3.05, 3.63) is 35.9 Å². The van der Waals surface area contributed by atoms with Gasteiger partial charge in [-0.15, -0.1) is 0 Å². The van der Waals surface area contributed by atoms with E-state index in [2.05, 4.69) is 17.4 Å². The van der Waals surface area contributed by atoms with Crippen LogP contribution in [0.5, 0.6) is 0 Å². The van der Waals surface area contributed by atoms with Crippen LogP contribution in [0.2, 0.25) is 0 Å². The molecule has 1 saturated carbocycles. The molecule has 1 aromatic rings. The Hall–Kier alpha value is -2.08.